The van der Waals surface area contributed by atoms with Crippen molar-refractivity contribution in [1.29, 1.82) is 10.5 Å². The predicted octanol–water partition coefficient (Wildman–Crippen LogP) is 17.0. The summed E-state index contributed by atoms with van der Waals surface area (Å²) in [5.41, 5.74) is 4.48. The molecular formula is C62H35F6N5. The van der Waals surface area contributed by atoms with E-state index in [9.17, 15) is 10.5 Å². The first-order chi connectivity index (χ1) is 35.4. The van der Waals surface area contributed by atoms with Crippen molar-refractivity contribution in [2.75, 3.05) is 0 Å². The molecule has 0 saturated heterocycles. The average molecular weight is 964 g/mol. The third-order valence-corrected chi connectivity index (χ3v) is 12.9. The summed E-state index contributed by atoms with van der Waals surface area (Å²) < 4.78 is 95.1. The van der Waals surface area contributed by atoms with Crippen LogP contribution in [0.1, 0.15) is 22.3 Å². The number of aromatic nitrogens is 3. The minimum Gasteiger partial charge on any atom is -0.308 e. The Balaban J connectivity index is 1.31. The number of alkyl halides is 6. The molecule has 0 radical (unpaired) electrons. The van der Waals surface area contributed by atoms with Crippen molar-refractivity contribution >= 4 is 21.8 Å². The van der Waals surface area contributed by atoms with E-state index in [4.69, 9.17) is 9.97 Å². The molecule has 0 spiro atoms. The molecule has 0 aliphatic carbocycles. The van der Waals surface area contributed by atoms with Gasteiger partial charge in [-0.1, -0.05) is 133 Å². The van der Waals surface area contributed by atoms with Gasteiger partial charge in [0.15, 0.2) is 5.82 Å². The SMILES string of the molecule is N#Cc1cccc(-c2ccc3c(c2)c2cc(-c4cccc(C#N)c4)ccc2n3-c2c(-c3ccccc3C(F)(F)F)cc(-c3cc(-c4ccccc4)nc(-c4ccccc4)n3)cc2-c2ccccc2C(F)(F)F)c1. The largest absolute Gasteiger partial charge is 0.417 e. The van der Waals surface area contributed by atoms with E-state index in [0.29, 0.717) is 66.7 Å². The Kier molecular flexibility index (Phi) is 11.5. The van der Waals surface area contributed by atoms with Gasteiger partial charge in [-0.05, 0) is 112 Å². The summed E-state index contributed by atoms with van der Waals surface area (Å²) >= 11 is 0. The highest BCUT2D eigenvalue weighted by Gasteiger charge is 2.37. The summed E-state index contributed by atoms with van der Waals surface area (Å²) in [6.07, 6.45) is -9.80. The van der Waals surface area contributed by atoms with Crippen LogP contribution in [0.3, 0.4) is 0 Å². The number of hydrogen-bond donors (Lipinski definition) is 0. The minimum atomic E-state index is -4.90. The fraction of sp³-hybridized carbons (Fsp3) is 0.0323. The summed E-state index contributed by atoms with van der Waals surface area (Å²) in [5, 5.41) is 20.9. The van der Waals surface area contributed by atoms with Crippen LogP contribution in [0.5, 0.6) is 0 Å². The van der Waals surface area contributed by atoms with Crippen molar-refractivity contribution in [3.8, 4) is 96.2 Å². The Hall–Kier alpha value is -9.58. The topological polar surface area (TPSA) is 78.3 Å². The zero-order valence-electron chi connectivity index (χ0n) is 38.2. The molecule has 11 rings (SSSR count). The summed E-state index contributed by atoms with van der Waals surface area (Å²) in [5.74, 6) is 0.296. The molecule has 0 atom stereocenters. The van der Waals surface area contributed by atoms with Crippen molar-refractivity contribution in [1.82, 2.24) is 14.5 Å². The van der Waals surface area contributed by atoms with Gasteiger partial charge in [-0.3, -0.25) is 0 Å². The number of benzene rings is 9. The van der Waals surface area contributed by atoms with Crippen LogP contribution in [0.15, 0.2) is 212 Å². The van der Waals surface area contributed by atoms with Crippen molar-refractivity contribution in [2.45, 2.75) is 12.4 Å². The molecule has 2 heterocycles. The van der Waals surface area contributed by atoms with Crippen LogP contribution < -0.4 is 0 Å². The molecule has 2 aromatic heterocycles. The molecule has 0 saturated carbocycles. The minimum absolute atomic E-state index is 0.0195. The smallest absolute Gasteiger partial charge is 0.308 e. The summed E-state index contributed by atoms with van der Waals surface area (Å²) in [6, 6.07) is 62.9. The highest BCUT2D eigenvalue weighted by molar-refractivity contribution is 6.13. The third kappa shape index (κ3) is 8.64. The maximum Gasteiger partial charge on any atom is 0.417 e. The van der Waals surface area contributed by atoms with Crippen LogP contribution in [-0.2, 0) is 12.4 Å². The number of halogens is 6. The van der Waals surface area contributed by atoms with Gasteiger partial charge in [0.05, 0.1) is 62.5 Å². The van der Waals surface area contributed by atoms with E-state index in [1.807, 2.05) is 97.1 Å². The van der Waals surface area contributed by atoms with Crippen molar-refractivity contribution in [3.63, 3.8) is 0 Å². The maximum absolute atomic E-state index is 15.6. The second kappa shape index (κ2) is 18.3. The number of fused-ring (bicyclic) bond motifs is 3. The Morgan fingerprint density at radius 1 is 0.356 bits per heavy atom. The number of nitrogens with zero attached hydrogens (tertiary/aromatic N) is 5. The number of hydrogen-bond acceptors (Lipinski definition) is 4. The van der Waals surface area contributed by atoms with Gasteiger partial charge >= 0.3 is 12.4 Å². The van der Waals surface area contributed by atoms with Gasteiger partial charge in [0, 0.05) is 38.6 Å². The Morgan fingerprint density at radius 3 is 1.23 bits per heavy atom. The molecule has 0 amide bonds. The lowest BCUT2D eigenvalue weighted by Crippen LogP contribution is -2.11. The third-order valence-electron chi connectivity index (χ3n) is 12.9. The standard InChI is InChI=1S/C62H35F6N5/c63-61(64,65)53-23-9-7-21-47(53)51-33-46(56-35-55(40-15-3-1-4-16-40)71-60(72-56)41-17-5-2-6-18-41)34-52(48-22-8-10-24-54(48)62(66,67)68)59(51)73-57-27-25-44(42-19-11-13-38(29-42)36-69)31-49(57)50-32-45(26-28-58(50)73)43-20-12-14-39(30-43)37-70/h1-35H. The van der Waals surface area contributed by atoms with Crippen LogP contribution in [0.2, 0.25) is 0 Å². The van der Waals surface area contributed by atoms with Crippen LogP contribution in [0.25, 0.3) is 106 Å². The molecule has 0 N–H and O–H groups in total. The van der Waals surface area contributed by atoms with Crippen LogP contribution in [0.4, 0.5) is 26.3 Å². The molecule has 0 bridgehead atoms. The number of rotatable bonds is 8. The lowest BCUT2D eigenvalue weighted by molar-refractivity contribution is -0.137. The van der Waals surface area contributed by atoms with Crippen molar-refractivity contribution < 1.29 is 26.3 Å². The fourth-order valence-electron chi connectivity index (χ4n) is 9.59. The van der Waals surface area contributed by atoms with E-state index in [-0.39, 0.29) is 39.2 Å². The van der Waals surface area contributed by atoms with Crippen molar-refractivity contribution in [2.24, 2.45) is 0 Å². The van der Waals surface area contributed by atoms with Gasteiger partial charge in [0.2, 0.25) is 0 Å². The average Bonchev–Trinajstić information content (AvgIpc) is 3.75. The van der Waals surface area contributed by atoms with Crippen LogP contribution in [-0.4, -0.2) is 14.5 Å². The maximum atomic E-state index is 15.6. The Bertz CT molecular complexity index is 3780. The molecule has 11 aromatic rings. The molecule has 350 valence electrons. The zero-order valence-corrected chi connectivity index (χ0v) is 38.2. The zero-order chi connectivity index (χ0) is 50.4. The molecule has 9 aromatic carbocycles. The normalized spacial score (nSPS) is 11.7. The van der Waals surface area contributed by atoms with Gasteiger partial charge in [0.1, 0.15) is 0 Å². The summed E-state index contributed by atoms with van der Waals surface area (Å²) in [6.45, 7) is 0. The predicted molar refractivity (Wildman–Crippen MR) is 274 cm³/mol. The lowest BCUT2D eigenvalue weighted by Gasteiger charge is -2.24. The van der Waals surface area contributed by atoms with E-state index in [0.717, 1.165) is 23.3 Å². The Labute approximate surface area is 414 Å². The van der Waals surface area contributed by atoms with E-state index >= 15 is 26.3 Å². The molecule has 0 aliphatic rings. The van der Waals surface area contributed by atoms with Crippen LogP contribution >= 0.6 is 0 Å². The van der Waals surface area contributed by atoms with Gasteiger partial charge in [-0.25, -0.2) is 9.97 Å². The second-order valence-electron chi connectivity index (χ2n) is 17.4. The monoisotopic (exact) mass is 963 g/mol. The number of nitriles is 2. The second-order valence-corrected chi connectivity index (χ2v) is 17.4. The van der Waals surface area contributed by atoms with E-state index in [2.05, 4.69) is 12.1 Å². The Morgan fingerprint density at radius 2 is 0.767 bits per heavy atom. The van der Waals surface area contributed by atoms with Gasteiger partial charge in [-0.2, -0.15) is 36.9 Å². The highest BCUT2D eigenvalue weighted by Crippen LogP contribution is 2.50. The first-order valence-electron chi connectivity index (χ1n) is 23.0. The van der Waals surface area contributed by atoms with Gasteiger partial charge in [0.25, 0.3) is 0 Å². The van der Waals surface area contributed by atoms with Gasteiger partial charge < -0.3 is 4.57 Å². The first kappa shape index (κ1) is 45.8. The lowest BCUT2D eigenvalue weighted by atomic mass is 9.88. The van der Waals surface area contributed by atoms with Crippen molar-refractivity contribution in [3.05, 3.63) is 235 Å². The molecule has 0 aliphatic heterocycles. The summed E-state index contributed by atoms with van der Waals surface area (Å²) in [7, 11) is 0. The molecule has 73 heavy (non-hydrogen) atoms. The fourth-order valence-corrected chi connectivity index (χ4v) is 9.59. The van der Waals surface area contributed by atoms with Gasteiger partial charge in [-0.15, -0.1) is 0 Å². The van der Waals surface area contributed by atoms with E-state index in [1.165, 1.54) is 36.4 Å². The molecular weight excluding hydrogens is 929 g/mol. The molecule has 0 fully saturated rings. The first-order valence-corrected chi connectivity index (χ1v) is 23.0. The van der Waals surface area contributed by atoms with E-state index in [1.54, 1.807) is 71.3 Å². The molecule has 5 nitrogen and oxygen atoms in total. The summed E-state index contributed by atoms with van der Waals surface area (Å²) in [4.78, 5) is 9.92. The molecule has 11 heteroatoms. The molecule has 0 unspecified atom stereocenters. The van der Waals surface area contributed by atoms with Crippen LogP contribution in [0, 0.1) is 22.7 Å². The van der Waals surface area contributed by atoms with E-state index < -0.39 is 23.5 Å². The quantitative estimate of drug-likeness (QED) is 0.142. The highest BCUT2D eigenvalue weighted by atomic mass is 19.4.